The maximum absolute atomic E-state index is 12.7. The quantitative estimate of drug-likeness (QED) is 0.0649. The van der Waals surface area contributed by atoms with E-state index in [-0.39, 0.29) is 84.9 Å². The van der Waals surface area contributed by atoms with Crippen LogP contribution in [0.15, 0.2) is 87.5 Å². The Balaban J connectivity index is 0.00000413. The molecule has 0 saturated heterocycles. The number of hydrogen-bond acceptors (Lipinski definition) is 14. The van der Waals surface area contributed by atoms with Crippen LogP contribution < -0.4 is 9.97 Å². The smallest absolute Gasteiger partial charge is 0.357 e. The molecule has 0 unspecified atom stereocenters. The van der Waals surface area contributed by atoms with Gasteiger partial charge in [0.15, 0.2) is 0 Å². The Morgan fingerprint density at radius 3 is 1.72 bits per heavy atom. The summed E-state index contributed by atoms with van der Waals surface area (Å²) in [5.41, 5.74) is 1.75. The average Bonchev–Trinajstić information content (AvgIpc) is 3.85. The molecular formula is C33H18CuN8O9S3. The largest absolute Gasteiger partial charge is 2.00 e. The fourth-order valence-corrected chi connectivity index (χ4v) is 8.42. The number of aromatic nitrogens is 8. The first kappa shape index (κ1) is 35.8. The fourth-order valence-electron chi connectivity index (χ4n) is 6.48. The topological polar surface area (TPSA) is 253 Å². The number of aryl methyl sites for hydroxylation is 1. The molecule has 3 aromatic heterocycles. The van der Waals surface area contributed by atoms with Gasteiger partial charge in [0.2, 0.25) is 0 Å². The van der Waals surface area contributed by atoms with Gasteiger partial charge in [-0.1, -0.05) is 59.6 Å². The minimum absolute atomic E-state index is 0. The molecule has 273 valence electrons. The first-order valence-corrected chi connectivity index (χ1v) is 18.8. The number of hydrogen-bond donors (Lipinski definition) is 3. The molecule has 2 aliphatic rings. The molecule has 17 nitrogen and oxygen atoms in total. The van der Waals surface area contributed by atoms with E-state index in [4.69, 9.17) is 29.5 Å². The molecule has 0 fully saturated rings. The molecule has 5 heterocycles. The van der Waals surface area contributed by atoms with Crippen LogP contribution in [0.3, 0.4) is 0 Å². The third kappa shape index (κ3) is 5.74. The molecular weight excluding hydrogens is 812 g/mol. The SMILES string of the molecule is Cc1cccc2c3nc4nc(nc5[n-]c(nc6nc(nc([n-]3)c12)-c1cccc(S(=O)(=O)O)c1-6)c1cccc(S(=O)(=O)O)c51)-c1cccc(SOOO)c1-4.[Cu+2]. The number of fused-ring (bicyclic) bond motifs is 20. The van der Waals surface area contributed by atoms with Crippen LogP contribution in [0.1, 0.15) is 5.56 Å². The third-order valence-corrected chi connectivity index (χ3v) is 11.1. The van der Waals surface area contributed by atoms with Crippen molar-refractivity contribution in [1.29, 1.82) is 0 Å². The molecule has 9 rings (SSSR count). The van der Waals surface area contributed by atoms with E-state index >= 15 is 0 Å². The van der Waals surface area contributed by atoms with Crippen molar-refractivity contribution in [2.75, 3.05) is 0 Å². The Labute approximate surface area is 318 Å². The monoisotopic (exact) mass is 829 g/mol. The Morgan fingerprint density at radius 1 is 0.593 bits per heavy atom. The molecule has 0 saturated carbocycles. The van der Waals surface area contributed by atoms with E-state index in [1.165, 1.54) is 24.3 Å². The maximum atomic E-state index is 12.7. The molecule has 0 aliphatic carbocycles. The molecule has 1 radical (unpaired) electrons. The van der Waals surface area contributed by atoms with E-state index in [9.17, 15) is 25.9 Å². The summed E-state index contributed by atoms with van der Waals surface area (Å²) in [5.74, 6) is -0.0783. The van der Waals surface area contributed by atoms with Gasteiger partial charge in [-0.3, -0.25) is 9.11 Å². The Bertz CT molecular complexity index is 3160. The average molecular weight is 830 g/mol. The summed E-state index contributed by atoms with van der Waals surface area (Å²) in [5, 5.41) is 14.0. The van der Waals surface area contributed by atoms with Gasteiger partial charge >= 0.3 is 17.1 Å². The summed E-state index contributed by atoms with van der Waals surface area (Å²) in [6.45, 7) is 1.86. The number of nitrogens with zero attached hydrogens (tertiary/aromatic N) is 8. The molecule has 3 N–H and O–H groups in total. The van der Waals surface area contributed by atoms with Crippen molar-refractivity contribution in [3.63, 3.8) is 0 Å². The number of benzene rings is 4. The Kier molecular flexibility index (Phi) is 8.62. The second-order valence-electron chi connectivity index (χ2n) is 11.7. The minimum atomic E-state index is -4.86. The van der Waals surface area contributed by atoms with Crippen molar-refractivity contribution in [3.8, 4) is 45.6 Å². The summed E-state index contributed by atoms with van der Waals surface area (Å²) >= 11 is 0.668. The summed E-state index contributed by atoms with van der Waals surface area (Å²) < 4.78 is 76.0. The van der Waals surface area contributed by atoms with Gasteiger partial charge in [0, 0.05) is 55.1 Å². The second-order valence-corrected chi connectivity index (χ2v) is 15.2. The third-order valence-electron chi connectivity index (χ3n) is 8.61. The summed E-state index contributed by atoms with van der Waals surface area (Å²) in [6.07, 6.45) is 0. The van der Waals surface area contributed by atoms with Crippen LogP contribution in [0.5, 0.6) is 0 Å². The van der Waals surface area contributed by atoms with Gasteiger partial charge in [0.05, 0.1) is 35.3 Å². The Morgan fingerprint density at radius 2 is 1.09 bits per heavy atom. The van der Waals surface area contributed by atoms with Gasteiger partial charge in [-0.05, 0) is 46.8 Å². The van der Waals surface area contributed by atoms with Gasteiger partial charge in [-0.2, -0.15) is 16.8 Å². The van der Waals surface area contributed by atoms with Crippen LogP contribution in [0.25, 0.3) is 89.7 Å². The maximum Gasteiger partial charge on any atom is 2.00 e. The van der Waals surface area contributed by atoms with Crippen molar-refractivity contribution in [2.24, 2.45) is 0 Å². The molecule has 7 aromatic rings. The molecule has 4 aromatic carbocycles. The van der Waals surface area contributed by atoms with Gasteiger partial charge in [0.25, 0.3) is 20.2 Å². The van der Waals surface area contributed by atoms with Gasteiger partial charge in [-0.25, -0.2) is 15.2 Å². The summed E-state index contributed by atoms with van der Waals surface area (Å²) in [6, 6.07) is 18.6. The molecule has 0 atom stereocenters. The van der Waals surface area contributed by atoms with Crippen molar-refractivity contribution >= 4 is 76.4 Å². The van der Waals surface area contributed by atoms with E-state index in [2.05, 4.69) is 25.0 Å². The fraction of sp³-hybridized carbons (Fsp3) is 0.0303. The van der Waals surface area contributed by atoms with E-state index in [1.54, 1.807) is 30.3 Å². The molecule has 0 amide bonds. The first-order valence-electron chi connectivity index (χ1n) is 15.2. The van der Waals surface area contributed by atoms with E-state index in [1.807, 2.05) is 19.1 Å². The summed E-state index contributed by atoms with van der Waals surface area (Å²) in [7, 11) is -9.68. The van der Waals surface area contributed by atoms with E-state index < -0.39 is 30.0 Å². The van der Waals surface area contributed by atoms with Crippen molar-refractivity contribution in [1.82, 2.24) is 39.9 Å². The first-order chi connectivity index (χ1) is 25.4. The number of rotatable bonds is 5. The standard InChI is InChI=1S/C33H18N8O9S3.Cu/c1-14-6-2-7-15-22(14)30-34-26(15)36-31-23-16(8-3-11-19(23)51-50-49-42)27(37-31)38-32-25-18(10-5-13-21(25)53(46,47)48)29(40-32)41-33-24-17(28(35-30)39-33)9-4-12-20(24)52(43,44)45;/h2-13H,1H3,(H3-2,34,35,36,37,38,39,40,41,42,43,44,45,46,47,48);/q-2;+2. The molecule has 2 aliphatic heterocycles. The zero-order chi connectivity index (χ0) is 36.8. The normalized spacial score (nSPS) is 12.4. The molecule has 21 heteroatoms. The zero-order valence-electron chi connectivity index (χ0n) is 26.8. The molecule has 54 heavy (non-hydrogen) atoms. The van der Waals surface area contributed by atoms with E-state index in [0.717, 1.165) is 11.6 Å². The predicted molar refractivity (Wildman–Crippen MR) is 189 cm³/mol. The van der Waals surface area contributed by atoms with Gasteiger partial charge < -0.3 is 29.9 Å². The van der Waals surface area contributed by atoms with Crippen molar-refractivity contribution in [3.05, 3.63) is 78.4 Å². The van der Waals surface area contributed by atoms with Crippen molar-refractivity contribution in [2.45, 2.75) is 21.6 Å². The van der Waals surface area contributed by atoms with Crippen LogP contribution in [-0.4, -0.2) is 61.1 Å². The second kappa shape index (κ2) is 13.0. The van der Waals surface area contributed by atoms with Gasteiger partial charge in [0.1, 0.15) is 9.79 Å². The van der Waals surface area contributed by atoms with Crippen LogP contribution in [0.2, 0.25) is 0 Å². The van der Waals surface area contributed by atoms with Crippen LogP contribution in [0.4, 0.5) is 0 Å². The van der Waals surface area contributed by atoms with Crippen LogP contribution in [0, 0.1) is 6.92 Å². The minimum Gasteiger partial charge on any atom is -0.357 e. The molecule has 8 bridgehead atoms. The van der Waals surface area contributed by atoms with Crippen LogP contribution >= 0.6 is 12.0 Å². The molecule has 0 spiro atoms. The summed E-state index contributed by atoms with van der Waals surface area (Å²) in [4.78, 5) is 36.9. The van der Waals surface area contributed by atoms with Crippen molar-refractivity contribution < 1.29 is 57.6 Å². The van der Waals surface area contributed by atoms with Crippen LogP contribution in [-0.2, 0) is 46.7 Å². The predicted octanol–water partition coefficient (Wildman–Crippen LogP) is 5.36. The van der Waals surface area contributed by atoms with Gasteiger partial charge in [-0.15, -0.1) is 4.33 Å². The Hall–Kier alpha value is -5.19. The van der Waals surface area contributed by atoms with E-state index in [0.29, 0.717) is 38.8 Å². The zero-order valence-corrected chi connectivity index (χ0v) is 30.2.